The quantitative estimate of drug-likeness (QED) is 0.320. The van der Waals surface area contributed by atoms with E-state index in [1.807, 2.05) is 71.0 Å². The number of carbonyl (C=O) groups excluding carboxylic acids is 1. The molecule has 0 N–H and O–H groups in total. The number of nitrogens with zero attached hydrogens (tertiary/aromatic N) is 3. The number of hydrogen-bond acceptors (Lipinski definition) is 3. The maximum Gasteiger partial charge on any atom is 0.416 e. The summed E-state index contributed by atoms with van der Waals surface area (Å²) in [6, 6.07) is 21.2. The van der Waals surface area contributed by atoms with Crippen LogP contribution < -0.4 is 4.90 Å². The Morgan fingerprint density at radius 1 is 1.06 bits per heavy atom. The Labute approximate surface area is 199 Å². The molecule has 1 atom stereocenters. The standard InChI is InChI=1S/C26H22F3N3OS/c1-17-13-19-9-5-6-10-22(19)32(17)24(33)16-34-25-30-21-14-20(26(27,28)29)11-12-23(21)31(25)15-18-7-3-2-4-8-18/h2-12,14,17H,13,15-16H2,1H3/t17-/m0/s1. The Kier molecular flexibility index (Phi) is 5.85. The number of carbonyl (C=O) groups is 1. The molecular weight excluding hydrogens is 459 g/mol. The van der Waals surface area contributed by atoms with Gasteiger partial charge in [-0.1, -0.05) is 60.3 Å². The minimum Gasteiger partial charge on any atom is -0.314 e. The molecule has 174 valence electrons. The fraction of sp³-hybridized carbons (Fsp3) is 0.231. The normalized spacial score (nSPS) is 15.6. The second-order valence-electron chi connectivity index (χ2n) is 8.40. The number of benzene rings is 3. The summed E-state index contributed by atoms with van der Waals surface area (Å²) in [5.41, 5.74) is 3.20. The number of anilines is 1. The van der Waals surface area contributed by atoms with Crippen molar-refractivity contribution < 1.29 is 18.0 Å². The van der Waals surface area contributed by atoms with Crippen LogP contribution in [0.15, 0.2) is 78.0 Å². The molecule has 0 aliphatic carbocycles. The Bertz CT molecular complexity index is 1350. The van der Waals surface area contributed by atoms with Crippen LogP contribution in [0.4, 0.5) is 18.9 Å². The molecule has 5 rings (SSSR count). The van der Waals surface area contributed by atoms with Crippen LogP contribution >= 0.6 is 11.8 Å². The van der Waals surface area contributed by atoms with Crippen LogP contribution in [0.2, 0.25) is 0 Å². The van der Waals surface area contributed by atoms with Crippen molar-refractivity contribution in [1.82, 2.24) is 9.55 Å². The first-order chi connectivity index (χ1) is 16.3. The van der Waals surface area contributed by atoms with E-state index >= 15 is 0 Å². The third-order valence-electron chi connectivity index (χ3n) is 6.02. The molecule has 1 aliphatic rings. The van der Waals surface area contributed by atoms with E-state index in [9.17, 15) is 18.0 Å². The highest BCUT2D eigenvalue weighted by atomic mass is 32.2. The molecular formula is C26H22F3N3OS. The molecule has 0 saturated carbocycles. The fourth-order valence-electron chi connectivity index (χ4n) is 4.45. The molecule has 0 bridgehead atoms. The number of hydrogen-bond donors (Lipinski definition) is 0. The lowest BCUT2D eigenvalue weighted by Gasteiger charge is -2.22. The lowest BCUT2D eigenvalue weighted by molar-refractivity contribution is -0.137. The Morgan fingerprint density at radius 2 is 1.79 bits per heavy atom. The molecule has 0 radical (unpaired) electrons. The van der Waals surface area contributed by atoms with E-state index in [1.54, 1.807) is 0 Å². The Balaban J connectivity index is 1.45. The minimum absolute atomic E-state index is 0.0447. The average Bonchev–Trinajstić information content (AvgIpc) is 3.33. The maximum atomic E-state index is 13.3. The highest BCUT2D eigenvalue weighted by molar-refractivity contribution is 7.99. The number of aromatic nitrogens is 2. The van der Waals surface area contributed by atoms with Gasteiger partial charge >= 0.3 is 6.18 Å². The summed E-state index contributed by atoms with van der Waals surface area (Å²) in [5, 5.41) is 0.520. The van der Waals surface area contributed by atoms with Gasteiger partial charge in [0.2, 0.25) is 5.91 Å². The SMILES string of the molecule is C[C@H]1Cc2ccccc2N1C(=O)CSc1nc2cc(C(F)(F)F)ccc2n1Cc1ccccc1. The first kappa shape index (κ1) is 22.5. The van der Waals surface area contributed by atoms with Gasteiger partial charge < -0.3 is 9.47 Å². The molecule has 3 aromatic carbocycles. The van der Waals surface area contributed by atoms with Gasteiger partial charge in [0.25, 0.3) is 0 Å². The lowest BCUT2D eigenvalue weighted by atomic mass is 10.1. The summed E-state index contributed by atoms with van der Waals surface area (Å²) in [6.07, 6.45) is -3.64. The van der Waals surface area contributed by atoms with E-state index in [2.05, 4.69) is 4.98 Å². The second kappa shape index (κ2) is 8.83. The molecule has 0 spiro atoms. The van der Waals surface area contributed by atoms with Gasteiger partial charge in [0.15, 0.2) is 5.16 Å². The summed E-state index contributed by atoms with van der Waals surface area (Å²) >= 11 is 1.26. The van der Waals surface area contributed by atoms with E-state index in [0.29, 0.717) is 17.2 Å². The van der Waals surface area contributed by atoms with Crippen LogP contribution in [0.1, 0.15) is 23.6 Å². The van der Waals surface area contributed by atoms with Gasteiger partial charge in [0.05, 0.1) is 28.9 Å². The van der Waals surface area contributed by atoms with Gasteiger partial charge in [-0.25, -0.2) is 4.98 Å². The third kappa shape index (κ3) is 4.30. The van der Waals surface area contributed by atoms with Gasteiger partial charge in [-0.3, -0.25) is 4.79 Å². The molecule has 4 aromatic rings. The van der Waals surface area contributed by atoms with Crippen LogP contribution in [-0.4, -0.2) is 27.3 Å². The predicted octanol–water partition coefficient (Wildman–Crippen LogP) is 6.17. The number of fused-ring (bicyclic) bond motifs is 2. The van der Waals surface area contributed by atoms with E-state index in [-0.39, 0.29) is 23.2 Å². The van der Waals surface area contributed by atoms with Crippen molar-refractivity contribution in [1.29, 1.82) is 0 Å². The lowest BCUT2D eigenvalue weighted by Crippen LogP contribution is -2.37. The second-order valence-corrected chi connectivity index (χ2v) is 9.34. The first-order valence-corrected chi connectivity index (χ1v) is 11.9. The van der Waals surface area contributed by atoms with Gasteiger partial charge in [0.1, 0.15) is 0 Å². The zero-order valence-electron chi connectivity index (χ0n) is 18.4. The number of halogens is 3. The molecule has 2 heterocycles. The third-order valence-corrected chi connectivity index (χ3v) is 6.99. The van der Waals surface area contributed by atoms with E-state index < -0.39 is 11.7 Å². The summed E-state index contributed by atoms with van der Waals surface area (Å²) in [7, 11) is 0. The predicted molar refractivity (Wildman–Crippen MR) is 128 cm³/mol. The monoisotopic (exact) mass is 481 g/mol. The van der Waals surface area contributed by atoms with E-state index in [4.69, 9.17) is 0 Å². The molecule has 1 aliphatic heterocycles. The van der Waals surface area contributed by atoms with Gasteiger partial charge in [-0.2, -0.15) is 13.2 Å². The van der Waals surface area contributed by atoms with Crippen molar-refractivity contribution in [3.05, 3.63) is 89.5 Å². The Hall–Kier alpha value is -3.26. The van der Waals surface area contributed by atoms with Crippen LogP contribution in [0.25, 0.3) is 11.0 Å². The number of para-hydroxylation sites is 1. The number of rotatable bonds is 5. The van der Waals surface area contributed by atoms with Crippen LogP contribution in [-0.2, 0) is 23.9 Å². The highest BCUT2D eigenvalue weighted by Crippen LogP contribution is 2.35. The van der Waals surface area contributed by atoms with Crippen molar-refractivity contribution >= 4 is 34.4 Å². The van der Waals surface area contributed by atoms with Crippen LogP contribution in [0.3, 0.4) is 0 Å². The molecule has 1 aromatic heterocycles. The summed E-state index contributed by atoms with van der Waals surface area (Å²) in [4.78, 5) is 19.5. The van der Waals surface area contributed by atoms with Crippen molar-refractivity contribution in [2.75, 3.05) is 10.7 Å². The molecule has 8 heteroatoms. The smallest absolute Gasteiger partial charge is 0.314 e. The first-order valence-electron chi connectivity index (χ1n) is 11.0. The van der Waals surface area contributed by atoms with E-state index in [1.165, 1.54) is 17.8 Å². The Morgan fingerprint density at radius 3 is 2.56 bits per heavy atom. The zero-order valence-corrected chi connectivity index (χ0v) is 19.2. The largest absolute Gasteiger partial charge is 0.416 e. The zero-order chi connectivity index (χ0) is 23.9. The number of amides is 1. The summed E-state index contributed by atoms with van der Waals surface area (Å²) in [5.74, 6) is 0.0971. The van der Waals surface area contributed by atoms with E-state index in [0.717, 1.165) is 35.4 Å². The molecule has 0 saturated heterocycles. The van der Waals surface area contributed by atoms with Gasteiger partial charge in [-0.15, -0.1) is 0 Å². The number of alkyl halides is 3. The molecule has 0 unspecified atom stereocenters. The number of imidazole rings is 1. The summed E-state index contributed by atoms with van der Waals surface area (Å²) in [6.45, 7) is 2.47. The number of thioether (sulfide) groups is 1. The van der Waals surface area contributed by atoms with Crippen molar-refractivity contribution in [2.24, 2.45) is 0 Å². The summed E-state index contributed by atoms with van der Waals surface area (Å²) < 4.78 is 41.7. The fourth-order valence-corrected chi connectivity index (χ4v) is 5.33. The maximum absolute atomic E-state index is 13.3. The van der Waals surface area contributed by atoms with Crippen molar-refractivity contribution in [3.63, 3.8) is 0 Å². The van der Waals surface area contributed by atoms with Crippen molar-refractivity contribution in [2.45, 2.75) is 37.3 Å². The van der Waals surface area contributed by atoms with Gasteiger partial charge in [-0.05, 0) is 48.7 Å². The molecule has 4 nitrogen and oxygen atoms in total. The van der Waals surface area contributed by atoms with Gasteiger partial charge in [0, 0.05) is 11.7 Å². The molecule has 0 fully saturated rings. The minimum atomic E-state index is -4.44. The molecule has 1 amide bonds. The van der Waals surface area contributed by atoms with Crippen molar-refractivity contribution in [3.8, 4) is 0 Å². The topological polar surface area (TPSA) is 38.1 Å². The molecule has 34 heavy (non-hydrogen) atoms. The van der Waals surface area contributed by atoms with Crippen LogP contribution in [0, 0.1) is 0 Å². The van der Waals surface area contributed by atoms with Crippen LogP contribution in [0.5, 0.6) is 0 Å². The highest BCUT2D eigenvalue weighted by Gasteiger charge is 2.32. The average molecular weight is 482 g/mol.